The molecule has 2 aliphatic rings. The van der Waals surface area contributed by atoms with Gasteiger partial charge in [-0.3, -0.25) is 14.4 Å². The van der Waals surface area contributed by atoms with E-state index >= 15 is 0 Å². The molecule has 0 fully saturated rings. The van der Waals surface area contributed by atoms with Gasteiger partial charge >= 0.3 is 0 Å². The molecule has 2 amide bonds. The van der Waals surface area contributed by atoms with E-state index < -0.39 is 11.4 Å². The highest BCUT2D eigenvalue weighted by Crippen LogP contribution is 2.52. The second-order valence-corrected chi connectivity index (χ2v) is 8.60. The summed E-state index contributed by atoms with van der Waals surface area (Å²) in [5.74, 6) is -0.873. The zero-order valence-electron chi connectivity index (χ0n) is 18.2. The fraction of sp³-hybridized carbons (Fsp3) is 0.148. The molecule has 33 heavy (non-hydrogen) atoms. The summed E-state index contributed by atoms with van der Waals surface area (Å²) in [4.78, 5) is 44.6. The Bertz CT molecular complexity index is 1540. The van der Waals surface area contributed by atoms with Gasteiger partial charge in [-0.1, -0.05) is 60.2 Å². The number of aryl methyl sites for hydroxylation is 1. The third-order valence-corrected chi connectivity index (χ3v) is 6.73. The number of likely N-dealkylation sites (N-methyl/N-ethyl adjacent to an activating group) is 1. The topological polar surface area (TPSA) is 70.8 Å². The predicted molar refractivity (Wildman–Crippen MR) is 124 cm³/mol. The molecule has 0 radical (unpaired) electrons. The fourth-order valence-corrected chi connectivity index (χ4v) is 5.14. The maximum atomic E-state index is 14.0. The first-order valence-corrected chi connectivity index (χ1v) is 10.8. The van der Waals surface area contributed by atoms with Crippen LogP contribution in [0.2, 0.25) is 0 Å². The second-order valence-electron chi connectivity index (χ2n) is 8.60. The van der Waals surface area contributed by atoms with Crippen LogP contribution in [0.25, 0.3) is 11.0 Å². The van der Waals surface area contributed by atoms with Gasteiger partial charge in [0.1, 0.15) is 5.58 Å². The minimum atomic E-state index is -1.58. The van der Waals surface area contributed by atoms with Crippen molar-refractivity contribution in [2.45, 2.75) is 19.0 Å². The largest absolute Gasteiger partial charge is 0.450 e. The van der Waals surface area contributed by atoms with E-state index in [4.69, 9.17) is 4.42 Å². The molecular weight excluding hydrogens is 416 g/mol. The molecule has 1 aromatic heterocycles. The van der Waals surface area contributed by atoms with Crippen molar-refractivity contribution < 1.29 is 14.0 Å². The molecule has 0 saturated carbocycles. The Morgan fingerprint density at radius 1 is 0.879 bits per heavy atom. The standard InChI is InChI=1S/C27H20N2O4/c1-16-11-13-17(14-12-16)15-29-25(31)24-22(23(30)18-7-3-6-10-21(18)33-24)27(29)19-8-4-5-9-20(19)28(2)26(27)32/h3-14H,15H2,1-2H3. The van der Waals surface area contributed by atoms with Crippen LogP contribution in [0.1, 0.15) is 32.8 Å². The van der Waals surface area contributed by atoms with E-state index in [1.54, 1.807) is 31.3 Å². The van der Waals surface area contributed by atoms with Crippen molar-refractivity contribution in [2.24, 2.45) is 0 Å². The summed E-state index contributed by atoms with van der Waals surface area (Å²) in [7, 11) is 1.67. The smallest absolute Gasteiger partial charge is 0.291 e. The van der Waals surface area contributed by atoms with Gasteiger partial charge in [-0.2, -0.15) is 0 Å². The zero-order valence-corrected chi connectivity index (χ0v) is 18.2. The van der Waals surface area contributed by atoms with Crippen molar-refractivity contribution in [3.63, 3.8) is 0 Å². The van der Waals surface area contributed by atoms with Crippen LogP contribution in [0.15, 0.2) is 82.0 Å². The molecule has 162 valence electrons. The summed E-state index contributed by atoms with van der Waals surface area (Å²) in [6, 6.07) is 21.9. The third-order valence-electron chi connectivity index (χ3n) is 6.73. The van der Waals surface area contributed by atoms with E-state index in [1.807, 2.05) is 55.5 Å². The lowest BCUT2D eigenvalue weighted by atomic mass is 9.83. The van der Waals surface area contributed by atoms with Gasteiger partial charge in [0.25, 0.3) is 11.8 Å². The number of hydrogen-bond acceptors (Lipinski definition) is 4. The van der Waals surface area contributed by atoms with Crippen molar-refractivity contribution in [3.8, 4) is 0 Å². The predicted octanol–water partition coefficient (Wildman–Crippen LogP) is 3.98. The lowest BCUT2D eigenvalue weighted by Crippen LogP contribution is -2.52. The average Bonchev–Trinajstić information content (AvgIpc) is 3.21. The Labute approximate surface area is 189 Å². The second kappa shape index (κ2) is 6.65. The van der Waals surface area contributed by atoms with Crippen LogP contribution in [0.5, 0.6) is 0 Å². The number of hydrogen-bond donors (Lipinski definition) is 0. The number of nitrogens with zero attached hydrogens (tertiary/aromatic N) is 2. The number of carbonyl (C=O) groups is 2. The lowest BCUT2D eigenvalue weighted by Gasteiger charge is -2.34. The molecule has 0 saturated heterocycles. The lowest BCUT2D eigenvalue weighted by molar-refractivity contribution is -0.126. The van der Waals surface area contributed by atoms with Crippen LogP contribution in [-0.4, -0.2) is 23.8 Å². The fourth-order valence-electron chi connectivity index (χ4n) is 5.14. The molecule has 6 nitrogen and oxygen atoms in total. The maximum Gasteiger partial charge on any atom is 0.291 e. The highest BCUT2D eigenvalue weighted by molar-refractivity contribution is 6.16. The summed E-state index contributed by atoms with van der Waals surface area (Å²) in [5, 5.41) is 0.348. The van der Waals surface area contributed by atoms with Gasteiger partial charge in [0.15, 0.2) is 11.0 Å². The highest BCUT2D eigenvalue weighted by Gasteiger charge is 2.64. The summed E-state index contributed by atoms with van der Waals surface area (Å²) in [5.41, 5.74) is 1.73. The van der Waals surface area contributed by atoms with Crippen LogP contribution in [0, 0.1) is 6.92 Å². The minimum Gasteiger partial charge on any atom is -0.450 e. The van der Waals surface area contributed by atoms with Crippen molar-refractivity contribution >= 4 is 28.5 Å². The first kappa shape index (κ1) is 19.5. The number of rotatable bonds is 2. The molecule has 1 spiro atoms. The molecule has 6 heteroatoms. The Morgan fingerprint density at radius 3 is 2.36 bits per heavy atom. The molecule has 6 rings (SSSR count). The number of benzene rings is 3. The summed E-state index contributed by atoms with van der Waals surface area (Å²) in [6.45, 7) is 2.15. The van der Waals surface area contributed by atoms with Crippen molar-refractivity contribution in [2.75, 3.05) is 11.9 Å². The van der Waals surface area contributed by atoms with Crippen LogP contribution >= 0.6 is 0 Å². The van der Waals surface area contributed by atoms with Gasteiger partial charge in [0, 0.05) is 24.8 Å². The van der Waals surface area contributed by atoms with E-state index in [1.165, 1.54) is 9.80 Å². The van der Waals surface area contributed by atoms with E-state index in [-0.39, 0.29) is 29.2 Å². The number of carbonyl (C=O) groups excluding carboxylic acids is 2. The number of fused-ring (bicyclic) bond motifs is 5. The van der Waals surface area contributed by atoms with E-state index in [9.17, 15) is 14.4 Å². The molecule has 1 unspecified atom stereocenters. The van der Waals surface area contributed by atoms with E-state index in [0.29, 0.717) is 22.2 Å². The zero-order chi connectivity index (χ0) is 22.9. The molecule has 0 bridgehead atoms. The van der Waals surface area contributed by atoms with Gasteiger partial charge in [0.05, 0.1) is 10.9 Å². The van der Waals surface area contributed by atoms with E-state index in [2.05, 4.69) is 0 Å². The Kier molecular flexibility index (Phi) is 3.93. The monoisotopic (exact) mass is 436 g/mol. The van der Waals surface area contributed by atoms with Gasteiger partial charge in [-0.05, 0) is 30.7 Å². The van der Waals surface area contributed by atoms with Crippen LogP contribution < -0.4 is 10.3 Å². The SMILES string of the molecule is Cc1ccc(CN2C(=O)c3oc4ccccc4c(=O)c3C23C(=O)N(C)c2ccccc23)cc1. The normalized spacial score (nSPS) is 19.0. The Morgan fingerprint density at radius 2 is 1.58 bits per heavy atom. The van der Waals surface area contributed by atoms with Crippen molar-refractivity contribution in [1.29, 1.82) is 0 Å². The third kappa shape index (κ3) is 2.40. The molecule has 3 heterocycles. The van der Waals surface area contributed by atoms with Crippen LogP contribution in [0.3, 0.4) is 0 Å². The van der Waals surface area contributed by atoms with Gasteiger partial charge in [-0.25, -0.2) is 0 Å². The molecule has 4 aromatic rings. The van der Waals surface area contributed by atoms with Crippen molar-refractivity contribution in [3.05, 3.63) is 111 Å². The molecule has 0 N–H and O–H groups in total. The molecular formula is C27H20N2O4. The first-order chi connectivity index (χ1) is 15.9. The van der Waals surface area contributed by atoms with Crippen LogP contribution in [0.4, 0.5) is 5.69 Å². The van der Waals surface area contributed by atoms with Gasteiger partial charge < -0.3 is 14.2 Å². The summed E-state index contributed by atoms with van der Waals surface area (Å²) >= 11 is 0. The number of anilines is 1. The average molecular weight is 436 g/mol. The highest BCUT2D eigenvalue weighted by atomic mass is 16.3. The number of para-hydroxylation sites is 2. The molecule has 0 aliphatic carbocycles. The quantitative estimate of drug-likeness (QED) is 0.477. The van der Waals surface area contributed by atoms with E-state index in [0.717, 1.165) is 11.1 Å². The maximum absolute atomic E-state index is 14.0. The summed E-state index contributed by atoms with van der Waals surface area (Å²) in [6.07, 6.45) is 0. The molecule has 1 atom stereocenters. The van der Waals surface area contributed by atoms with Crippen LogP contribution in [-0.2, 0) is 16.9 Å². The van der Waals surface area contributed by atoms with Gasteiger partial charge in [0.2, 0.25) is 5.76 Å². The molecule has 2 aliphatic heterocycles. The summed E-state index contributed by atoms with van der Waals surface area (Å²) < 4.78 is 6.01. The minimum absolute atomic E-state index is 0.0655. The van der Waals surface area contributed by atoms with Gasteiger partial charge in [-0.15, -0.1) is 0 Å². The first-order valence-electron chi connectivity index (χ1n) is 10.8. The number of amides is 2. The Hall–Kier alpha value is -4.19. The Balaban J connectivity index is 1.70. The molecule has 3 aromatic carbocycles. The van der Waals surface area contributed by atoms with Crippen molar-refractivity contribution in [1.82, 2.24) is 4.90 Å².